The number of rotatable bonds is 5. The van der Waals surface area contributed by atoms with Crippen LogP contribution >= 0.6 is 0 Å². The zero-order valence-corrected chi connectivity index (χ0v) is 9.51. The van der Waals surface area contributed by atoms with Gasteiger partial charge in [-0.15, -0.1) is 0 Å². The van der Waals surface area contributed by atoms with Crippen molar-refractivity contribution in [3.8, 4) is 0 Å². The second kappa shape index (κ2) is 6.76. The molecule has 88 valence electrons. The van der Waals surface area contributed by atoms with E-state index in [4.69, 9.17) is 4.74 Å². The second-order valence-electron chi connectivity index (χ2n) is 3.77. The molecule has 1 aliphatic heterocycles. The van der Waals surface area contributed by atoms with E-state index in [2.05, 4.69) is 16.0 Å². The normalized spacial score (nSPS) is 23.5. The maximum atomic E-state index is 11.6. The van der Waals surface area contributed by atoms with Crippen LogP contribution in [0.3, 0.4) is 0 Å². The SMILES string of the molecule is CCN[C@H](C)CNC(=O)[C@H]1CNCCO1. The molecule has 1 fully saturated rings. The van der Waals surface area contributed by atoms with Gasteiger partial charge in [-0.1, -0.05) is 6.92 Å². The summed E-state index contributed by atoms with van der Waals surface area (Å²) in [6.07, 6.45) is -0.326. The molecular weight excluding hydrogens is 194 g/mol. The van der Waals surface area contributed by atoms with E-state index in [1.165, 1.54) is 0 Å². The van der Waals surface area contributed by atoms with Crippen LogP contribution in [0.2, 0.25) is 0 Å². The van der Waals surface area contributed by atoms with Gasteiger partial charge in [0.1, 0.15) is 6.10 Å². The molecule has 1 saturated heterocycles. The number of hydrogen-bond donors (Lipinski definition) is 3. The van der Waals surface area contributed by atoms with Crippen LogP contribution in [0.4, 0.5) is 0 Å². The van der Waals surface area contributed by atoms with Gasteiger partial charge < -0.3 is 20.7 Å². The van der Waals surface area contributed by atoms with Crippen LogP contribution in [-0.2, 0) is 9.53 Å². The Hall–Kier alpha value is -0.650. The average molecular weight is 215 g/mol. The van der Waals surface area contributed by atoms with Crippen LogP contribution in [0, 0.1) is 0 Å². The topological polar surface area (TPSA) is 62.4 Å². The van der Waals surface area contributed by atoms with E-state index in [0.29, 0.717) is 25.7 Å². The van der Waals surface area contributed by atoms with Gasteiger partial charge >= 0.3 is 0 Å². The van der Waals surface area contributed by atoms with Crippen molar-refractivity contribution < 1.29 is 9.53 Å². The minimum atomic E-state index is -0.326. The molecule has 0 aliphatic carbocycles. The van der Waals surface area contributed by atoms with Crippen LogP contribution in [0.5, 0.6) is 0 Å². The maximum absolute atomic E-state index is 11.6. The highest BCUT2D eigenvalue weighted by Gasteiger charge is 2.21. The molecule has 1 rings (SSSR count). The molecule has 0 aromatic rings. The first kappa shape index (κ1) is 12.4. The van der Waals surface area contributed by atoms with Crippen molar-refractivity contribution in [2.45, 2.75) is 26.0 Å². The quantitative estimate of drug-likeness (QED) is 0.555. The first-order valence-electron chi connectivity index (χ1n) is 5.57. The van der Waals surface area contributed by atoms with E-state index in [1.807, 2.05) is 13.8 Å². The zero-order valence-electron chi connectivity index (χ0n) is 9.51. The summed E-state index contributed by atoms with van der Waals surface area (Å²) in [5.74, 6) is -0.0213. The zero-order chi connectivity index (χ0) is 11.1. The fourth-order valence-electron chi connectivity index (χ4n) is 1.52. The van der Waals surface area contributed by atoms with Gasteiger partial charge in [0.2, 0.25) is 0 Å². The van der Waals surface area contributed by atoms with Crippen LogP contribution in [-0.4, -0.2) is 50.8 Å². The summed E-state index contributed by atoms with van der Waals surface area (Å²) in [4.78, 5) is 11.6. The molecule has 3 N–H and O–H groups in total. The largest absolute Gasteiger partial charge is 0.366 e. The highest BCUT2D eigenvalue weighted by molar-refractivity contribution is 5.81. The molecule has 0 saturated carbocycles. The van der Waals surface area contributed by atoms with Gasteiger partial charge in [-0.05, 0) is 13.5 Å². The number of hydrogen-bond acceptors (Lipinski definition) is 4. The number of amides is 1. The van der Waals surface area contributed by atoms with E-state index in [9.17, 15) is 4.79 Å². The summed E-state index contributed by atoms with van der Waals surface area (Å²) in [6, 6.07) is 0.301. The fourth-order valence-corrected chi connectivity index (χ4v) is 1.52. The lowest BCUT2D eigenvalue weighted by molar-refractivity contribution is -0.134. The van der Waals surface area contributed by atoms with Gasteiger partial charge in [0, 0.05) is 25.7 Å². The molecule has 5 heteroatoms. The Labute approximate surface area is 90.9 Å². The van der Waals surface area contributed by atoms with Crippen molar-refractivity contribution in [1.82, 2.24) is 16.0 Å². The summed E-state index contributed by atoms with van der Waals surface area (Å²) in [5.41, 5.74) is 0. The van der Waals surface area contributed by atoms with Gasteiger partial charge in [0.25, 0.3) is 5.91 Å². The molecule has 0 bridgehead atoms. The first-order chi connectivity index (χ1) is 7.24. The van der Waals surface area contributed by atoms with E-state index >= 15 is 0 Å². The minimum absolute atomic E-state index is 0.0213. The number of morpholine rings is 1. The van der Waals surface area contributed by atoms with Crippen LogP contribution < -0.4 is 16.0 Å². The molecule has 0 unspecified atom stereocenters. The summed E-state index contributed by atoms with van der Waals surface area (Å²) in [5, 5.41) is 9.23. The van der Waals surface area contributed by atoms with Crippen molar-refractivity contribution in [2.24, 2.45) is 0 Å². The molecular formula is C10H21N3O2. The predicted molar refractivity (Wildman–Crippen MR) is 58.8 cm³/mol. The molecule has 0 aromatic carbocycles. The van der Waals surface area contributed by atoms with Crippen LogP contribution in [0.15, 0.2) is 0 Å². The Morgan fingerprint density at radius 2 is 2.47 bits per heavy atom. The van der Waals surface area contributed by atoms with E-state index in [-0.39, 0.29) is 12.0 Å². The monoisotopic (exact) mass is 215 g/mol. The minimum Gasteiger partial charge on any atom is -0.366 e. The molecule has 1 amide bonds. The lowest BCUT2D eigenvalue weighted by atomic mass is 10.2. The first-order valence-corrected chi connectivity index (χ1v) is 5.57. The van der Waals surface area contributed by atoms with E-state index in [1.54, 1.807) is 0 Å². The van der Waals surface area contributed by atoms with Crippen molar-refractivity contribution >= 4 is 5.91 Å². The van der Waals surface area contributed by atoms with Gasteiger partial charge in [-0.2, -0.15) is 0 Å². The highest BCUT2D eigenvalue weighted by Crippen LogP contribution is 1.95. The second-order valence-corrected chi connectivity index (χ2v) is 3.77. The van der Waals surface area contributed by atoms with Gasteiger partial charge in [0.05, 0.1) is 6.61 Å². The molecule has 1 aliphatic rings. The third kappa shape index (κ3) is 4.59. The summed E-state index contributed by atoms with van der Waals surface area (Å²) in [6.45, 7) is 7.71. The maximum Gasteiger partial charge on any atom is 0.250 e. The van der Waals surface area contributed by atoms with Crippen molar-refractivity contribution in [3.05, 3.63) is 0 Å². The van der Waals surface area contributed by atoms with Crippen LogP contribution in [0.1, 0.15) is 13.8 Å². The Morgan fingerprint density at radius 1 is 1.67 bits per heavy atom. The number of carbonyl (C=O) groups excluding carboxylic acids is 1. The molecule has 5 nitrogen and oxygen atoms in total. The molecule has 1 heterocycles. The molecule has 0 spiro atoms. The van der Waals surface area contributed by atoms with Crippen LogP contribution in [0.25, 0.3) is 0 Å². The van der Waals surface area contributed by atoms with E-state index in [0.717, 1.165) is 13.1 Å². The summed E-state index contributed by atoms with van der Waals surface area (Å²) >= 11 is 0. The third-order valence-electron chi connectivity index (χ3n) is 2.36. The number of nitrogens with one attached hydrogen (secondary N) is 3. The van der Waals surface area contributed by atoms with Gasteiger partial charge in [-0.3, -0.25) is 4.79 Å². The van der Waals surface area contributed by atoms with Crippen molar-refractivity contribution in [3.63, 3.8) is 0 Å². The van der Waals surface area contributed by atoms with Crippen molar-refractivity contribution in [1.29, 1.82) is 0 Å². The molecule has 0 radical (unpaired) electrons. The highest BCUT2D eigenvalue weighted by atomic mass is 16.5. The van der Waals surface area contributed by atoms with E-state index < -0.39 is 0 Å². The Morgan fingerprint density at radius 3 is 3.07 bits per heavy atom. The summed E-state index contributed by atoms with van der Waals surface area (Å²) < 4.78 is 5.34. The Balaban J connectivity index is 2.16. The number of ether oxygens (including phenoxy) is 1. The predicted octanol–water partition coefficient (Wildman–Crippen LogP) is -0.911. The number of carbonyl (C=O) groups is 1. The lowest BCUT2D eigenvalue weighted by Gasteiger charge is -2.23. The standard InChI is InChI=1S/C10H21N3O2/c1-3-12-8(2)6-13-10(14)9-7-11-4-5-15-9/h8-9,11-12H,3-7H2,1-2H3,(H,13,14)/t8-,9-/m1/s1. The summed E-state index contributed by atoms with van der Waals surface area (Å²) in [7, 11) is 0. The molecule has 15 heavy (non-hydrogen) atoms. The molecule has 2 atom stereocenters. The third-order valence-corrected chi connectivity index (χ3v) is 2.36. The Bertz CT molecular complexity index is 193. The smallest absolute Gasteiger partial charge is 0.250 e. The number of likely N-dealkylation sites (N-methyl/N-ethyl adjacent to an activating group) is 1. The average Bonchev–Trinajstić information content (AvgIpc) is 2.27. The fraction of sp³-hybridized carbons (Fsp3) is 0.900. The molecule has 0 aromatic heterocycles. The van der Waals surface area contributed by atoms with Gasteiger partial charge in [0.15, 0.2) is 0 Å². The van der Waals surface area contributed by atoms with Gasteiger partial charge in [-0.25, -0.2) is 0 Å². The lowest BCUT2D eigenvalue weighted by Crippen LogP contribution is -2.50. The Kier molecular flexibility index (Phi) is 5.60. The van der Waals surface area contributed by atoms with Crippen molar-refractivity contribution in [2.75, 3.05) is 32.8 Å².